The minimum atomic E-state index is -2.22. The van der Waals surface area contributed by atoms with E-state index < -0.39 is 8.32 Å². The quantitative estimate of drug-likeness (QED) is 0.442. The molecule has 0 atom stereocenters. The van der Waals surface area contributed by atoms with E-state index in [1.165, 1.54) is 6.08 Å². The van der Waals surface area contributed by atoms with E-state index in [1.807, 2.05) is 0 Å². The lowest BCUT2D eigenvalue weighted by molar-refractivity contribution is -0.130. The van der Waals surface area contributed by atoms with Crippen molar-refractivity contribution in [1.82, 2.24) is 0 Å². The monoisotopic (exact) mass is 298 g/mol. The molecule has 20 heavy (non-hydrogen) atoms. The van der Waals surface area contributed by atoms with Crippen molar-refractivity contribution < 1.29 is 9.22 Å². The van der Waals surface area contributed by atoms with Gasteiger partial charge in [-0.2, -0.15) is 0 Å². The second kappa shape index (κ2) is 7.44. The molecule has 0 bridgehead atoms. The summed E-state index contributed by atoms with van der Waals surface area (Å²) in [5.41, 5.74) is 0. The fourth-order valence-electron chi connectivity index (χ4n) is 2.90. The lowest BCUT2D eigenvalue weighted by Crippen LogP contribution is -2.53. The predicted molar refractivity (Wildman–Crippen MR) is 90.2 cm³/mol. The van der Waals surface area contributed by atoms with Gasteiger partial charge in [-0.1, -0.05) is 62.0 Å². The molecule has 0 saturated carbocycles. The molecular formula is C17H34O2Si. The largest absolute Gasteiger partial charge is 0.515 e. The molecule has 0 aromatic rings. The number of carbonyl (C=O) groups excluding carboxylic acids is 1. The van der Waals surface area contributed by atoms with Crippen LogP contribution in [0.25, 0.3) is 0 Å². The molecule has 0 N–H and O–H groups in total. The van der Waals surface area contributed by atoms with Crippen LogP contribution in [0.4, 0.5) is 0 Å². The predicted octanol–water partition coefficient (Wildman–Crippen LogP) is 5.41. The Morgan fingerprint density at radius 3 is 1.75 bits per heavy atom. The molecule has 3 heteroatoms. The second-order valence-electron chi connectivity index (χ2n) is 7.69. The fraction of sp³-hybridized carbons (Fsp3) is 0.824. The van der Waals surface area contributed by atoms with Gasteiger partial charge in [0.05, 0.1) is 0 Å². The van der Waals surface area contributed by atoms with E-state index in [0.29, 0.717) is 17.8 Å². The fourth-order valence-corrected chi connectivity index (χ4v) is 8.71. The summed E-state index contributed by atoms with van der Waals surface area (Å²) in [6.07, 6.45) is 1.32. The molecule has 0 saturated heterocycles. The molecule has 0 heterocycles. The zero-order valence-corrected chi connectivity index (χ0v) is 15.7. The van der Waals surface area contributed by atoms with Crippen LogP contribution in [-0.4, -0.2) is 14.3 Å². The van der Waals surface area contributed by atoms with Gasteiger partial charge in [0.25, 0.3) is 8.32 Å². The van der Waals surface area contributed by atoms with Gasteiger partial charge in [-0.3, -0.25) is 0 Å². The van der Waals surface area contributed by atoms with Crippen LogP contribution in [0, 0.1) is 17.8 Å². The Balaban J connectivity index is 5.75. The van der Waals surface area contributed by atoms with Crippen LogP contribution in [0.3, 0.4) is 0 Å². The first-order chi connectivity index (χ1) is 8.98. The molecule has 0 unspecified atom stereocenters. The molecule has 2 nitrogen and oxygen atoms in total. The van der Waals surface area contributed by atoms with E-state index >= 15 is 0 Å². The van der Waals surface area contributed by atoms with Gasteiger partial charge in [-0.25, -0.2) is 4.79 Å². The molecule has 0 aromatic heterocycles. The highest BCUT2D eigenvalue weighted by molar-refractivity contribution is 6.78. The molecule has 0 aliphatic carbocycles. The van der Waals surface area contributed by atoms with Gasteiger partial charge in [0.2, 0.25) is 0 Å². The average molecular weight is 299 g/mol. The third-order valence-corrected chi connectivity index (χ3v) is 11.0. The van der Waals surface area contributed by atoms with Gasteiger partial charge in [0.1, 0.15) is 0 Å². The van der Waals surface area contributed by atoms with Crippen molar-refractivity contribution in [2.45, 2.75) is 72.5 Å². The zero-order valence-electron chi connectivity index (χ0n) is 14.7. The Morgan fingerprint density at radius 1 is 1.10 bits per heavy atom. The van der Waals surface area contributed by atoms with Crippen LogP contribution in [-0.2, 0) is 9.22 Å². The van der Waals surface area contributed by atoms with Gasteiger partial charge < -0.3 is 4.43 Å². The molecule has 0 amide bonds. The number of rotatable bonds is 8. The van der Waals surface area contributed by atoms with E-state index in [2.05, 4.69) is 62.0 Å². The number of hydrogen-bond acceptors (Lipinski definition) is 2. The van der Waals surface area contributed by atoms with E-state index in [4.69, 9.17) is 4.43 Å². The molecule has 0 rings (SSSR count). The van der Waals surface area contributed by atoms with Crippen LogP contribution in [0.1, 0.15) is 55.4 Å². The summed E-state index contributed by atoms with van der Waals surface area (Å²) in [6, 6.07) is 2.05. The number of carbonyl (C=O) groups is 1. The van der Waals surface area contributed by atoms with Crippen molar-refractivity contribution in [3.8, 4) is 0 Å². The first kappa shape index (κ1) is 19.4. The molecule has 0 aromatic carbocycles. The lowest BCUT2D eigenvalue weighted by Gasteiger charge is -2.48. The Labute approximate surface area is 127 Å². The third kappa shape index (κ3) is 4.76. The topological polar surface area (TPSA) is 26.3 Å². The number of hydrogen-bond donors (Lipinski definition) is 0. The Kier molecular flexibility index (Phi) is 7.23. The van der Waals surface area contributed by atoms with Gasteiger partial charge >= 0.3 is 5.97 Å². The second-order valence-corrected chi connectivity index (χ2v) is 12.0. The molecule has 118 valence electrons. The normalized spacial score (nSPS) is 13.2. The maximum atomic E-state index is 12.0. The maximum Gasteiger partial charge on any atom is 0.316 e. The Bertz CT molecular complexity index is 320. The zero-order chi connectivity index (χ0) is 16.1. The van der Waals surface area contributed by atoms with Gasteiger partial charge in [-0.15, -0.1) is 0 Å². The average Bonchev–Trinajstić information content (AvgIpc) is 2.26. The summed E-state index contributed by atoms with van der Waals surface area (Å²) < 4.78 is 6.12. The van der Waals surface area contributed by atoms with Gasteiger partial charge in [-0.05, 0) is 34.9 Å². The van der Waals surface area contributed by atoms with Crippen molar-refractivity contribution in [3.63, 3.8) is 0 Å². The SMILES string of the molecule is C=CC(=O)O[Si](CC(C)C)(CC(C)C)C(C)(C)C(C)C. The minimum absolute atomic E-state index is 0.0558. The van der Waals surface area contributed by atoms with Crippen LogP contribution in [0.15, 0.2) is 12.7 Å². The van der Waals surface area contributed by atoms with Crippen LogP contribution >= 0.6 is 0 Å². The molecular weight excluding hydrogens is 264 g/mol. The Morgan fingerprint density at radius 2 is 1.50 bits per heavy atom. The van der Waals surface area contributed by atoms with Crippen molar-refractivity contribution in [2.75, 3.05) is 0 Å². The first-order valence-corrected chi connectivity index (χ1v) is 10.2. The van der Waals surface area contributed by atoms with E-state index in [-0.39, 0.29) is 11.0 Å². The van der Waals surface area contributed by atoms with Gasteiger partial charge in [0.15, 0.2) is 0 Å². The van der Waals surface area contributed by atoms with Crippen molar-refractivity contribution >= 4 is 14.3 Å². The van der Waals surface area contributed by atoms with Crippen molar-refractivity contribution in [3.05, 3.63) is 12.7 Å². The lowest BCUT2D eigenvalue weighted by atomic mass is 9.99. The molecule has 0 radical (unpaired) electrons. The van der Waals surface area contributed by atoms with Gasteiger partial charge in [0, 0.05) is 6.08 Å². The van der Waals surface area contributed by atoms with Crippen LogP contribution in [0.2, 0.25) is 17.1 Å². The van der Waals surface area contributed by atoms with Crippen LogP contribution < -0.4 is 0 Å². The third-order valence-electron chi connectivity index (χ3n) is 4.56. The minimum Gasteiger partial charge on any atom is -0.515 e. The highest BCUT2D eigenvalue weighted by atomic mass is 28.4. The highest BCUT2D eigenvalue weighted by Gasteiger charge is 2.53. The summed E-state index contributed by atoms with van der Waals surface area (Å²) in [5.74, 6) is 1.32. The Hall–Kier alpha value is -0.573. The molecule has 0 fully saturated rings. The maximum absolute atomic E-state index is 12.0. The smallest absolute Gasteiger partial charge is 0.316 e. The van der Waals surface area contributed by atoms with Crippen molar-refractivity contribution in [2.24, 2.45) is 17.8 Å². The van der Waals surface area contributed by atoms with Crippen molar-refractivity contribution in [1.29, 1.82) is 0 Å². The highest BCUT2D eigenvalue weighted by Crippen LogP contribution is 2.51. The van der Waals surface area contributed by atoms with E-state index in [9.17, 15) is 4.79 Å². The summed E-state index contributed by atoms with van der Waals surface area (Å²) in [6.45, 7) is 21.5. The summed E-state index contributed by atoms with van der Waals surface area (Å²) in [5, 5.41) is 0.0558. The summed E-state index contributed by atoms with van der Waals surface area (Å²) in [4.78, 5) is 12.0. The standard InChI is InChI=1S/C17H34O2Si/c1-10-16(18)19-20(11-13(2)3,12-14(4)5)17(8,9)15(6)7/h10,13-15H,1,11-12H2,2-9H3. The molecule has 0 spiro atoms. The van der Waals surface area contributed by atoms with E-state index in [1.54, 1.807) is 0 Å². The van der Waals surface area contributed by atoms with E-state index in [0.717, 1.165) is 12.1 Å². The molecule has 0 aliphatic rings. The molecule has 0 aliphatic heterocycles. The summed E-state index contributed by atoms with van der Waals surface area (Å²) in [7, 11) is -2.22. The van der Waals surface area contributed by atoms with Crippen LogP contribution in [0.5, 0.6) is 0 Å². The summed E-state index contributed by atoms with van der Waals surface area (Å²) >= 11 is 0. The first-order valence-electron chi connectivity index (χ1n) is 7.84.